The van der Waals surface area contributed by atoms with Gasteiger partial charge in [-0.25, -0.2) is 0 Å². The summed E-state index contributed by atoms with van der Waals surface area (Å²) in [5, 5.41) is 25.6. The minimum Gasteiger partial charge on any atom is -0.492 e. The molecule has 2 heterocycles. The topological polar surface area (TPSA) is 158 Å². The van der Waals surface area contributed by atoms with Crippen molar-refractivity contribution in [2.24, 2.45) is 35.5 Å². The molecule has 16 heteroatoms. The fourth-order valence-electron chi connectivity index (χ4n) is 9.54. The first-order valence-electron chi connectivity index (χ1n) is 23.8. The number of rotatable bonds is 23. The Morgan fingerprint density at radius 1 is 0.594 bits per heavy atom. The van der Waals surface area contributed by atoms with Crippen molar-refractivity contribution in [3.05, 3.63) is 125 Å². The normalized spacial score (nSPS) is 22.0. The predicted molar refractivity (Wildman–Crippen MR) is 250 cm³/mol. The lowest BCUT2D eigenvalue weighted by Gasteiger charge is -2.20. The molecule has 8 rings (SSSR count). The quantitative estimate of drug-likeness (QED) is 0.0582. The van der Waals surface area contributed by atoms with E-state index in [2.05, 4.69) is 55.5 Å². The monoisotopic (exact) mass is 950 g/mol. The molecule has 4 unspecified atom stereocenters. The molecule has 366 valence electrons. The summed E-state index contributed by atoms with van der Waals surface area (Å²) in [4.78, 5) is 28.4. The van der Waals surface area contributed by atoms with E-state index in [9.17, 15) is 33.3 Å². The van der Waals surface area contributed by atoms with Crippen LogP contribution in [0.4, 0.5) is 13.2 Å². The Labute approximate surface area is 402 Å². The molecule has 0 amide bonds. The largest absolute Gasteiger partial charge is 0.573 e. The van der Waals surface area contributed by atoms with Crippen LogP contribution in [0.5, 0.6) is 17.2 Å². The Hall–Kier alpha value is -6.17. The fraction of sp³-hybridized carbons (Fsp3) is 0.472. The van der Waals surface area contributed by atoms with E-state index < -0.39 is 30.1 Å². The maximum absolute atomic E-state index is 12.3. The lowest BCUT2D eigenvalue weighted by atomic mass is 10.0. The summed E-state index contributed by atoms with van der Waals surface area (Å²) in [6, 6.07) is 36.8. The summed E-state index contributed by atoms with van der Waals surface area (Å²) in [5.74, 6) is 1.47. The number of alkyl halides is 3. The number of hydrogen-bond acceptors (Lipinski definition) is 13. The third kappa shape index (κ3) is 15.2. The Kier molecular flexibility index (Phi) is 17.9. The number of nitrogens with one attached hydrogen (secondary N) is 2. The zero-order valence-electron chi connectivity index (χ0n) is 39.1. The van der Waals surface area contributed by atoms with Crippen molar-refractivity contribution in [2.45, 2.75) is 58.2 Å². The van der Waals surface area contributed by atoms with Crippen LogP contribution in [-0.2, 0) is 45.0 Å². The summed E-state index contributed by atoms with van der Waals surface area (Å²) in [7, 11) is 0. The third-order valence-electron chi connectivity index (χ3n) is 13.0. The van der Waals surface area contributed by atoms with Gasteiger partial charge in [-0.05, 0) is 109 Å². The maximum Gasteiger partial charge on any atom is 0.573 e. The van der Waals surface area contributed by atoms with Gasteiger partial charge >= 0.3 is 18.3 Å². The third-order valence-corrected chi connectivity index (χ3v) is 13.0. The van der Waals surface area contributed by atoms with Gasteiger partial charge in [0.25, 0.3) is 0 Å². The first-order chi connectivity index (χ1) is 33.4. The number of carbonyl (C=O) groups excluding carboxylic acids is 2. The SMILES string of the molecule is CCOC(=O)C(C#N)Cc1ccc(OCCNC2C3CN(Cc4ccccc4)CC32)cc1.CCOC(=O)C(C#N)Cc1ccc(OCCN[C@H]2[C@@H]3CN(Cc4ccc(OC(F)(F)F)cc4)C[C@@H]32)cc1. The zero-order valence-corrected chi connectivity index (χ0v) is 39.1. The van der Waals surface area contributed by atoms with Crippen LogP contribution in [-0.4, -0.2) is 106 Å². The van der Waals surface area contributed by atoms with E-state index in [1.807, 2.05) is 60.7 Å². The van der Waals surface area contributed by atoms with Crippen LogP contribution >= 0.6 is 0 Å². The van der Waals surface area contributed by atoms with Crippen LogP contribution in [0.3, 0.4) is 0 Å². The van der Waals surface area contributed by atoms with Gasteiger partial charge in [-0.3, -0.25) is 19.4 Å². The molecule has 2 saturated heterocycles. The van der Waals surface area contributed by atoms with Crippen LogP contribution in [0.1, 0.15) is 36.1 Å². The van der Waals surface area contributed by atoms with Crippen molar-refractivity contribution in [3.8, 4) is 29.4 Å². The Morgan fingerprint density at radius 3 is 1.35 bits per heavy atom. The lowest BCUT2D eigenvalue weighted by Crippen LogP contribution is -2.33. The zero-order chi connectivity index (χ0) is 48.8. The van der Waals surface area contributed by atoms with Gasteiger partial charge in [-0.2, -0.15) is 10.5 Å². The molecule has 0 bridgehead atoms. The van der Waals surface area contributed by atoms with Crippen LogP contribution in [0, 0.1) is 58.2 Å². The van der Waals surface area contributed by atoms with E-state index in [1.54, 1.807) is 26.0 Å². The van der Waals surface area contributed by atoms with E-state index in [1.165, 1.54) is 30.8 Å². The molecule has 4 fully saturated rings. The highest BCUT2D eigenvalue weighted by molar-refractivity contribution is 5.76. The van der Waals surface area contributed by atoms with Gasteiger partial charge in [-0.1, -0.05) is 66.7 Å². The molecule has 2 aliphatic carbocycles. The van der Waals surface area contributed by atoms with Crippen molar-refractivity contribution in [2.75, 3.05) is 65.7 Å². The van der Waals surface area contributed by atoms with Gasteiger partial charge in [0.15, 0.2) is 0 Å². The molecule has 13 nitrogen and oxygen atoms in total. The van der Waals surface area contributed by atoms with Gasteiger partial charge in [0.1, 0.15) is 42.3 Å². The van der Waals surface area contributed by atoms with Crippen LogP contribution in [0.25, 0.3) is 0 Å². The summed E-state index contributed by atoms with van der Waals surface area (Å²) in [5.41, 5.74) is 4.14. The van der Waals surface area contributed by atoms with Gasteiger partial charge in [0.05, 0.1) is 25.4 Å². The standard InChI is InChI=1S/C27H30F3N3O4.C26H31N3O3/c1-2-35-26(34)20(14-31)13-18-3-7-21(8-4-18)36-12-11-32-25-23-16-33(17-24(23)25)15-19-5-9-22(10-6-19)37-27(28,29)30;1-2-31-26(30)21(15-27)14-19-8-10-22(11-9-19)32-13-12-28-25-23-17-29(18-24(23)25)16-20-6-4-3-5-7-20/h3-10,20,23-25,32H,2,11-13,15-17H2,1H3;3-11,21,23-25,28H,2,12-14,16-18H2,1H3/t20?,23-,24+,25+;. The first kappa shape index (κ1) is 50.7. The average Bonchev–Trinajstić information content (AvgIpc) is 4.01. The van der Waals surface area contributed by atoms with Gasteiger partial charge in [0.2, 0.25) is 0 Å². The number of carbonyl (C=O) groups is 2. The minimum atomic E-state index is -4.68. The summed E-state index contributed by atoms with van der Waals surface area (Å²) >= 11 is 0. The molecule has 69 heavy (non-hydrogen) atoms. The van der Waals surface area contributed by atoms with Crippen LogP contribution < -0.4 is 24.8 Å². The molecular formula is C53H61F3N6O7. The van der Waals surface area contributed by atoms with Crippen LogP contribution in [0.15, 0.2) is 103 Å². The highest BCUT2D eigenvalue weighted by atomic mass is 19.4. The molecule has 2 N–H and O–H groups in total. The highest BCUT2D eigenvalue weighted by Gasteiger charge is 2.56. The number of piperidine rings is 2. The number of likely N-dealkylation sites (tertiary alicyclic amines) is 2. The number of halogens is 3. The number of esters is 2. The van der Waals surface area contributed by atoms with E-state index >= 15 is 0 Å². The predicted octanol–water partition coefficient (Wildman–Crippen LogP) is 6.96. The number of nitriles is 2. The molecule has 2 aliphatic heterocycles. The number of ether oxygens (including phenoxy) is 5. The minimum absolute atomic E-state index is 0.204. The van der Waals surface area contributed by atoms with E-state index in [0.29, 0.717) is 56.5 Å². The number of benzene rings is 4. The van der Waals surface area contributed by atoms with Gasteiger partial charge in [-0.15, -0.1) is 13.2 Å². The number of fused-ring (bicyclic) bond motifs is 2. The second-order valence-corrected chi connectivity index (χ2v) is 17.9. The summed E-state index contributed by atoms with van der Waals surface area (Å²) in [6.45, 7) is 12.7. The second-order valence-electron chi connectivity index (χ2n) is 17.9. The molecule has 0 spiro atoms. The van der Waals surface area contributed by atoms with Crippen molar-refractivity contribution < 1.29 is 46.4 Å². The smallest absolute Gasteiger partial charge is 0.492 e. The first-order valence-corrected chi connectivity index (χ1v) is 23.8. The average molecular weight is 951 g/mol. The Bertz CT molecular complexity index is 2320. The fourth-order valence-corrected chi connectivity index (χ4v) is 9.54. The molecule has 4 aliphatic rings. The van der Waals surface area contributed by atoms with Gasteiger partial charge in [0, 0.05) is 64.4 Å². The lowest BCUT2D eigenvalue weighted by molar-refractivity contribution is -0.274. The van der Waals surface area contributed by atoms with E-state index in [0.717, 1.165) is 72.7 Å². The van der Waals surface area contributed by atoms with Crippen molar-refractivity contribution in [1.82, 2.24) is 20.4 Å². The number of nitrogens with zero attached hydrogens (tertiary/aromatic N) is 4. The Balaban J connectivity index is 0.000000206. The highest BCUT2D eigenvalue weighted by Crippen LogP contribution is 2.46. The van der Waals surface area contributed by atoms with Crippen LogP contribution in [0.2, 0.25) is 0 Å². The van der Waals surface area contributed by atoms with Gasteiger partial charge < -0.3 is 34.3 Å². The molecular weight excluding hydrogens is 890 g/mol. The van der Waals surface area contributed by atoms with E-state index in [-0.39, 0.29) is 19.0 Å². The molecule has 7 atom stereocenters. The second kappa shape index (κ2) is 24.4. The van der Waals surface area contributed by atoms with Crippen molar-refractivity contribution in [1.29, 1.82) is 10.5 Å². The molecule has 0 radical (unpaired) electrons. The van der Waals surface area contributed by atoms with Crippen molar-refractivity contribution in [3.63, 3.8) is 0 Å². The van der Waals surface area contributed by atoms with E-state index in [4.69, 9.17) is 18.9 Å². The summed E-state index contributed by atoms with van der Waals surface area (Å²) in [6.07, 6.45) is -4.02. The maximum atomic E-state index is 12.3. The Morgan fingerprint density at radius 2 is 0.971 bits per heavy atom. The van der Waals surface area contributed by atoms with Crippen molar-refractivity contribution >= 4 is 11.9 Å². The molecule has 2 saturated carbocycles. The molecule has 4 aromatic rings. The molecule has 0 aromatic heterocycles. The summed E-state index contributed by atoms with van der Waals surface area (Å²) < 4.78 is 62.3. The number of hydrogen-bond donors (Lipinski definition) is 2. The molecule has 4 aromatic carbocycles.